The van der Waals surface area contributed by atoms with Crippen molar-refractivity contribution in [1.82, 2.24) is 5.32 Å². The van der Waals surface area contributed by atoms with Crippen molar-refractivity contribution in [3.63, 3.8) is 0 Å². The van der Waals surface area contributed by atoms with Gasteiger partial charge in [0.1, 0.15) is 5.54 Å². The fourth-order valence-corrected chi connectivity index (χ4v) is 3.42. The van der Waals surface area contributed by atoms with E-state index >= 15 is 0 Å². The summed E-state index contributed by atoms with van der Waals surface area (Å²) in [6, 6.07) is 0. The minimum absolute atomic E-state index is 0.0729. The maximum Gasteiger partial charge on any atom is 0.326 e. The molecule has 0 saturated heterocycles. The molecule has 0 amide bonds. The van der Waals surface area contributed by atoms with Crippen LogP contribution in [0.2, 0.25) is 0 Å². The molecule has 3 nitrogen and oxygen atoms in total. The Morgan fingerprint density at radius 3 is 2.47 bits per heavy atom. The lowest BCUT2D eigenvalue weighted by Gasteiger charge is -2.32. The van der Waals surface area contributed by atoms with Crippen LogP contribution < -0.4 is 5.32 Å². The predicted molar refractivity (Wildman–Crippen MR) is 67.7 cm³/mol. The maximum atomic E-state index is 12.2. The van der Waals surface area contributed by atoms with E-state index in [2.05, 4.69) is 26.1 Å². The van der Waals surface area contributed by atoms with Crippen LogP contribution in [0.15, 0.2) is 0 Å². The molecule has 1 N–H and O–H groups in total. The minimum Gasteiger partial charge on any atom is -0.468 e. The van der Waals surface area contributed by atoms with Gasteiger partial charge in [0.05, 0.1) is 7.11 Å². The molecule has 2 atom stereocenters. The third-order valence-corrected chi connectivity index (χ3v) is 4.41. The first-order chi connectivity index (χ1) is 7.89. The molecular weight excluding hydrogens is 214 g/mol. The van der Waals surface area contributed by atoms with E-state index in [-0.39, 0.29) is 11.4 Å². The summed E-state index contributed by atoms with van der Waals surface area (Å²) >= 11 is 0. The van der Waals surface area contributed by atoms with E-state index in [0.717, 1.165) is 25.3 Å². The zero-order valence-electron chi connectivity index (χ0n) is 11.5. The quantitative estimate of drug-likeness (QED) is 0.765. The van der Waals surface area contributed by atoms with Gasteiger partial charge in [-0.05, 0) is 49.5 Å². The number of carbonyl (C=O) groups excluding carboxylic acids is 1. The minimum atomic E-state index is -0.444. The Morgan fingerprint density at radius 2 is 2.06 bits per heavy atom. The molecule has 0 radical (unpaired) electrons. The lowest BCUT2D eigenvalue weighted by atomic mass is 9.86. The van der Waals surface area contributed by atoms with E-state index < -0.39 is 5.54 Å². The second-order valence-electron chi connectivity index (χ2n) is 6.73. The van der Waals surface area contributed by atoms with Gasteiger partial charge in [-0.1, -0.05) is 20.8 Å². The highest BCUT2D eigenvalue weighted by Gasteiger charge is 2.54. The van der Waals surface area contributed by atoms with Crippen LogP contribution in [0.25, 0.3) is 0 Å². The number of nitrogens with one attached hydrogen (secondary N) is 1. The summed E-state index contributed by atoms with van der Waals surface area (Å²) in [6.07, 6.45) is 4.59. The lowest BCUT2D eigenvalue weighted by Crippen LogP contribution is -2.55. The van der Waals surface area contributed by atoms with Gasteiger partial charge >= 0.3 is 5.97 Å². The fraction of sp³-hybridized carbons (Fsp3) is 0.929. The van der Waals surface area contributed by atoms with Gasteiger partial charge in [-0.15, -0.1) is 0 Å². The van der Waals surface area contributed by atoms with Gasteiger partial charge in [-0.25, -0.2) is 0 Å². The molecule has 0 aromatic rings. The summed E-state index contributed by atoms with van der Waals surface area (Å²) < 4.78 is 5.05. The number of rotatable bonds is 4. The average Bonchev–Trinajstić information content (AvgIpc) is 3.02. The highest BCUT2D eigenvalue weighted by Crippen LogP contribution is 2.48. The molecule has 2 aliphatic carbocycles. The van der Waals surface area contributed by atoms with E-state index in [0.29, 0.717) is 5.92 Å². The van der Waals surface area contributed by atoms with Crippen molar-refractivity contribution in [2.75, 3.05) is 13.7 Å². The van der Waals surface area contributed by atoms with E-state index in [1.807, 2.05) is 0 Å². The average molecular weight is 239 g/mol. The van der Waals surface area contributed by atoms with Crippen molar-refractivity contribution >= 4 is 5.97 Å². The van der Waals surface area contributed by atoms with Crippen LogP contribution >= 0.6 is 0 Å². The summed E-state index contributed by atoms with van der Waals surface area (Å²) in [5, 5.41) is 3.54. The molecule has 17 heavy (non-hydrogen) atoms. The molecule has 98 valence electrons. The Hall–Kier alpha value is -0.570. The van der Waals surface area contributed by atoms with Gasteiger partial charge in [-0.2, -0.15) is 0 Å². The van der Waals surface area contributed by atoms with Crippen molar-refractivity contribution in [2.24, 2.45) is 17.3 Å². The number of carbonyl (C=O) groups is 1. The van der Waals surface area contributed by atoms with Crippen molar-refractivity contribution < 1.29 is 9.53 Å². The summed E-state index contributed by atoms with van der Waals surface area (Å²) in [5.74, 6) is 1.06. The van der Waals surface area contributed by atoms with Crippen LogP contribution in [0.1, 0.15) is 46.5 Å². The van der Waals surface area contributed by atoms with Crippen LogP contribution in [0.4, 0.5) is 0 Å². The van der Waals surface area contributed by atoms with Gasteiger partial charge < -0.3 is 10.1 Å². The largest absolute Gasteiger partial charge is 0.468 e. The Morgan fingerprint density at radius 1 is 1.41 bits per heavy atom. The standard InChI is InChI=1S/C14H25NO2/c1-10-7-13(2,3)9-14(10,12(16)17-4)15-8-11-5-6-11/h10-11,15H,5-9H2,1-4H3. The number of esters is 1. The van der Waals surface area contributed by atoms with Gasteiger partial charge in [0.2, 0.25) is 0 Å². The van der Waals surface area contributed by atoms with Crippen molar-refractivity contribution in [3.8, 4) is 0 Å². The van der Waals surface area contributed by atoms with Gasteiger partial charge in [0.25, 0.3) is 0 Å². The Balaban J connectivity index is 2.13. The van der Waals surface area contributed by atoms with Crippen LogP contribution in [0.5, 0.6) is 0 Å². The Kier molecular flexibility index (Phi) is 3.23. The number of methoxy groups -OCH3 is 1. The van der Waals surface area contributed by atoms with Crippen molar-refractivity contribution in [3.05, 3.63) is 0 Å². The SMILES string of the molecule is COC(=O)C1(NCC2CC2)CC(C)(C)CC1C. The summed E-state index contributed by atoms with van der Waals surface area (Å²) in [5.41, 5.74) is -0.217. The zero-order chi connectivity index (χ0) is 12.7. The normalized spacial score (nSPS) is 35.9. The molecule has 0 bridgehead atoms. The molecule has 0 heterocycles. The first-order valence-electron chi connectivity index (χ1n) is 6.73. The molecule has 2 rings (SSSR count). The molecule has 3 heteroatoms. The molecule has 2 fully saturated rings. The smallest absolute Gasteiger partial charge is 0.326 e. The van der Waals surface area contributed by atoms with E-state index in [9.17, 15) is 4.79 Å². The molecule has 0 aromatic carbocycles. The Bertz CT molecular complexity index is 309. The highest BCUT2D eigenvalue weighted by molar-refractivity contribution is 5.82. The highest BCUT2D eigenvalue weighted by atomic mass is 16.5. The molecule has 2 unspecified atom stereocenters. The number of hydrogen-bond donors (Lipinski definition) is 1. The molecule has 2 saturated carbocycles. The van der Waals surface area contributed by atoms with Crippen molar-refractivity contribution in [2.45, 2.75) is 52.0 Å². The predicted octanol–water partition coefficient (Wildman–Crippen LogP) is 2.35. The Labute approximate surface area is 104 Å². The molecule has 0 aromatic heterocycles. The van der Waals surface area contributed by atoms with Crippen LogP contribution in [0.3, 0.4) is 0 Å². The molecule has 2 aliphatic rings. The van der Waals surface area contributed by atoms with Crippen LogP contribution in [-0.4, -0.2) is 25.2 Å². The van der Waals surface area contributed by atoms with E-state index in [4.69, 9.17) is 4.74 Å². The lowest BCUT2D eigenvalue weighted by molar-refractivity contribution is -0.150. The molecule has 0 spiro atoms. The van der Waals surface area contributed by atoms with E-state index in [1.54, 1.807) is 0 Å². The fourth-order valence-electron chi connectivity index (χ4n) is 3.42. The summed E-state index contributed by atoms with van der Waals surface area (Å²) in [7, 11) is 1.50. The molecular formula is C14H25NO2. The first kappa shape index (κ1) is 12.9. The molecule has 0 aliphatic heterocycles. The second-order valence-corrected chi connectivity index (χ2v) is 6.73. The second kappa shape index (κ2) is 4.27. The third kappa shape index (κ3) is 2.49. The number of hydrogen-bond acceptors (Lipinski definition) is 3. The monoisotopic (exact) mass is 239 g/mol. The zero-order valence-corrected chi connectivity index (χ0v) is 11.5. The van der Waals surface area contributed by atoms with Crippen molar-refractivity contribution in [1.29, 1.82) is 0 Å². The third-order valence-electron chi connectivity index (χ3n) is 4.41. The summed E-state index contributed by atoms with van der Waals surface area (Å²) in [6.45, 7) is 7.63. The van der Waals surface area contributed by atoms with Crippen LogP contribution in [0, 0.1) is 17.3 Å². The van der Waals surface area contributed by atoms with Crippen LogP contribution in [-0.2, 0) is 9.53 Å². The van der Waals surface area contributed by atoms with Gasteiger partial charge in [0, 0.05) is 0 Å². The van der Waals surface area contributed by atoms with Gasteiger partial charge in [0.15, 0.2) is 0 Å². The topological polar surface area (TPSA) is 38.3 Å². The first-order valence-corrected chi connectivity index (χ1v) is 6.73. The van der Waals surface area contributed by atoms with E-state index in [1.165, 1.54) is 20.0 Å². The number of ether oxygens (including phenoxy) is 1. The van der Waals surface area contributed by atoms with Gasteiger partial charge in [-0.3, -0.25) is 4.79 Å². The summed E-state index contributed by atoms with van der Waals surface area (Å²) in [4.78, 5) is 12.2. The maximum absolute atomic E-state index is 12.2.